The van der Waals surface area contributed by atoms with Crippen molar-refractivity contribution in [3.8, 4) is 11.1 Å². The number of pyridine rings is 1. The van der Waals surface area contributed by atoms with Crippen LogP contribution in [-0.4, -0.2) is 10.8 Å². The summed E-state index contributed by atoms with van der Waals surface area (Å²) in [6.45, 7) is 0. The largest absolute Gasteiger partial charge is 0.417 e. The Balaban J connectivity index is 2.24. The predicted octanol–water partition coefficient (Wildman–Crippen LogP) is 6.63. The number of hydrogen-bond donors (Lipinski definition) is 2. The number of alkyl halides is 6. The molecule has 0 radical (unpaired) electrons. The number of anilines is 2. The highest BCUT2D eigenvalue weighted by Crippen LogP contribution is 2.44. The summed E-state index contributed by atoms with van der Waals surface area (Å²) in [4.78, 5) is 16.4. The average Bonchev–Trinajstić information content (AvgIpc) is 2.67. The van der Waals surface area contributed by atoms with E-state index < -0.39 is 73.2 Å². The number of rotatable bonds is 3. The Morgan fingerprint density at radius 3 is 1.88 bits per heavy atom. The van der Waals surface area contributed by atoms with Gasteiger partial charge in [0.25, 0.3) is 0 Å². The quantitative estimate of drug-likeness (QED) is 0.235. The molecule has 0 saturated heterocycles. The third-order valence-corrected chi connectivity index (χ3v) is 5.35. The molecule has 0 bridgehead atoms. The summed E-state index contributed by atoms with van der Waals surface area (Å²) in [5.74, 6) is -2.91. The van der Waals surface area contributed by atoms with Gasteiger partial charge in [-0.25, -0.2) is 9.37 Å². The van der Waals surface area contributed by atoms with Crippen molar-refractivity contribution in [3.63, 3.8) is 0 Å². The van der Waals surface area contributed by atoms with Gasteiger partial charge in [0.1, 0.15) is 5.69 Å². The van der Waals surface area contributed by atoms with E-state index in [2.05, 4.69) is 4.98 Å². The van der Waals surface area contributed by atoms with Crippen LogP contribution in [0.15, 0.2) is 36.5 Å². The first-order valence-corrected chi connectivity index (χ1v) is 9.41. The molecule has 174 valence electrons. The van der Waals surface area contributed by atoms with Crippen molar-refractivity contribution in [1.82, 2.24) is 4.98 Å². The van der Waals surface area contributed by atoms with Gasteiger partial charge in [0, 0.05) is 28.7 Å². The molecule has 0 amide bonds. The summed E-state index contributed by atoms with van der Waals surface area (Å²) in [6.07, 6.45) is -9.01. The number of hydrogen-bond acceptors (Lipinski definition) is 4. The maximum Gasteiger partial charge on any atom is 0.417 e. The Morgan fingerprint density at radius 1 is 0.818 bits per heavy atom. The first kappa shape index (κ1) is 24.6. The first-order chi connectivity index (χ1) is 15.2. The van der Waals surface area contributed by atoms with Crippen molar-refractivity contribution in [2.45, 2.75) is 12.4 Å². The van der Waals surface area contributed by atoms with E-state index in [1.54, 1.807) is 0 Å². The average molecular weight is 512 g/mol. The van der Waals surface area contributed by atoms with Crippen LogP contribution in [0.3, 0.4) is 0 Å². The molecule has 0 saturated carbocycles. The number of nitrogens with zero attached hydrogens (tertiary/aromatic N) is 1. The van der Waals surface area contributed by atoms with Crippen LogP contribution >= 0.6 is 23.2 Å². The maximum atomic E-state index is 15.3. The van der Waals surface area contributed by atoms with Crippen molar-refractivity contribution in [2.24, 2.45) is 0 Å². The molecule has 0 fully saturated rings. The fourth-order valence-corrected chi connectivity index (χ4v) is 3.78. The van der Waals surface area contributed by atoms with Crippen LogP contribution in [0.4, 0.5) is 42.1 Å². The Bertz CT molecular complexity index is 1270. The van der Waals surface area contributed by atoms with Crippen molar-refractivity contribution in [1.29, 1.82) is 0 Å². The van der Waals surface area contributed by atoms with Gasteiger partial charge in [-0.15, -0.1) is 0 Å². The standard InChI is InChI=1S/C20H10Cl2F7N3O/c21-14-8(19(24,25)26)1-3-10(30)12(14)7-5-6-32-17(16(7)23)18(33)13-11(31)4-2-9(15(13)22)20(27,28)29/h1-6H,30-31H2. The molecule has 0 atom stereocenters. The summed E-state index contributed by atoms with van der Waals surface area (Å²) >= 11 is 11.6. The molecule has 0 spiro atoms. The number of carbonyl (C=O) groups is 1. The van der Waals surface area contributed by atoms with Crippen LogP contribution in [0.25, 0.3) is 11.1 Å². The smallest absolute Gasteiger partial charge is 0.398 e. The zero-order valence-electron chi connectivity index (χ0n) is 15.9. The van der Waals surface area contributed by atoms with E-state index >= 15 is 4.39 Å². The number of benzene rings is 2. The molecule has 3 rings (SSSR count). The molecule has 4 N–H and O–H groups in total. The molecule has 3 aromatic rings. The predicted molar refractivity (Wildman–Crippen MR) is 108 cm³/mol. The van der Waals surface area contributed by atoms with E-state index in [-0.39, 0.29) is 5.69 Å². The minimum Gasteiger partial charge on any atom is -0.398 e. The van der Waals surface area contributed by atoms with E-state index in [1.807, 2.05) is 0 Å². The first-order valence-electron chi connectivity index (χ1n) is 8.66. The highest BCUT2D eigenvalue weighted by Gasteiger charge is 2.37. The van der Waals surface area contributed by atoms with E-state index in [9.17, 15) is 31.1 Å². The highest BCUT2D eigenvalue weighted by atomic mass is 35.5. The SMILES string of the molecule is Nc1ccc(C(F)(F)F)c(Cl)c1C(=O)c1nccc(-c2c(N)ccc(C(F)(F)F)c2Cl)c1F. The lowest BCUT2D eigenvalue weighted by atomic mass is 9.97. The summed E-state index contributed by atoms with van der Waals surface area (Å²) < 4.78 is 94.5. The molecule has 1 aromatic heterocycles. The van der Waals surface area contributed by atoms with Gasteiger partial charge in [0.2, 0.25) is 5.78 Å². The Morgan fingerprint density at radius 2 is 1.33 bits per heavy atom. The van der Waals surface area contributed by atoms with Crippen LogP contribution in [0.1, 0.15) is 27.2 Å². The minimum absolute atomic E-state index is 0.354. The van der Waals surface area contributed by atoms with E-state index in [0.29, 0.717) is 12.1 Å². The van der Waals surface area contributed by atoms with Crippen molar-refractivity contribution < 1.29 is 35.5 Å². The molecule has 2 aromatic carbocycles. The van der Waals surface area contributed by atoms with Gasteiger partial charge in [0.05, 0.1) is 26.7 Å². The van der Waals surface area contributed by atoms with Crippen LogP contribution < -0.4 is 11.5 Å². The summed E-state index contributed by atoms with van der Waals surface area (Å²) in [5.41, 5.74) is 4.59. The summed E-state index contributed by atoms with van der Waals surface area (Å²) in [5, 5.41) is -2.03. The number of carbonyl (C=O) groups excluding carboxylic acids is 1. The Kier molecular flexibility index (Phi) is 6.24. The van der Waals surface area contributed by atoms with E-state index in [1.165, 1.54) is 0 Å². The van der Waals surface area contributed by atoms with E-state index in [0.717, 1.165) is 24.4 Å². The number of ketones is 1. The fourth-order valence-electron chi connectivity index (χ4n) is 3.04. The molecule has 0 aliphatic heterocycles. The van der Waals surface area contributed by atoms with Gasteiger partial charge in [-0.3, -0.25) is 4.79 Å². The van der Waals surface area contributed by atoms with Gasteiger partial charge in [-0.2, -0.15) is 26.3 Å². The van der Waals surface area contributed by atoms with E-state index in [4.69, 9.17) is 34.7 Å². The number of aromatic nitrogens is 1. The van der Waals surface area contributed by atoms with Crippen molar-refractivity contribution in [3.05, 3.63) is 74.8 Å². The molecule has 13 heteroatoms. The number of nitrogen functional groups attached to an aromatic ring is 2. The molecule has 4 nitrogen and oxygen atoms in total. The second kappa shape index (κ2) is 8.38. The Labute approximate surface area is 190 Å². The number of halogens is 9. The van der Waals surface area contributed by atoms with Crippen molar-refractivity contribution in [2.75, 3.05) is 11.5 Å². The summed E-state index contributed by atoms with van der Waals surface area (Å²) in [6, 6.07) is 3.63. The van der Waals surface area contributed by atoms with Crippen LogP contribution in [-0.2, 0) is 12.4 Å². The monoisotopic (exact) mass is 511 g/mol. The lowest BCUT2D eigenvalue weighted by Gasteiger charge is -2.17. The molecular formula is C20H10Cl2F7N3O. The van der Waals surface area contributed by atoms with Crippen LogP contribution in [0.2, 0.25) is 10.0 Å². The lowest BCUT2D eigenvalue weighted by Crippen LogP contribution is -2.15. The fraction of sp³-hybridized carbons (Fsp3) is 0.100. The Hall–Kier alpha value is -3.05. The van der Waals surface area contributed by atoms with Crippen molar-refractivity contribution >= 4 is 40.4 Å². The van der Waals surface area contributed by atoms with Crippen LogP contribution in [0.5, 0.6) is 0 Å². The van der Waals surface area contributed by atoms with Gasteiger partial charge in [-0.05, 0) is 30.3 Å². The molecule has 1 heterocycles. The minimum atomic E-state index is -4.95. The third kappa shape index (κ3) is 4.42. The molecule has 33 heavy (non-hydrogen) atoms. The zero-order valence-corrected chi connectivity index (χ0v) is 17.4. The molecule has 0 aliphatic carbocycles. The second-order valence-corrected chi connectivity index (χ2v) is 7.38. The second-order valence-electron chi connectivity index (χ2n) is 6.63. The van der Waals surface area contributed by atoms with Gasteiger partial charge in [0.15, 0.2) is 5.82 Å². The molecule has 0 unspecified atom stereocenters. The number of nitrogens with two attached hydrogens (primary N) is 2. The van der Waals surface area contributed by atoms with Gasteiger partial charge < -0.3 is 11.5 Å². The molecule has 0 aliphatic rings. The topological polar surface area (TPSA) is 82.0 Å². The zero-order chi connectivity index (χ0) is 24.9. The lowest BCUT2D eigenvalue weighted by molar-refractivity contribution is -0.138. The highest BCUT2D eigenvalue weighted by molar-refractivity contribution is 6.37. The summed E-state index contributed by atoms with van der Waals surface area (Å²) in [7, 11) is 0. The van der Waals surface area contributed by atoms with Crippen LogP contribution in [0, 0.1) is 5.82 Å². The maximum absolute atomic E-state index is 15.3. The third-order valence-electron chi connectivity index (χ3n) is 4.56. The molecular weight excluding hydrogens is 502 g/mol. The van der Waals surface area contributed by atoms with Gasteiger partial charge in [-0.1, -0.05) is 23.2 Å². The normalized spacial score (nSPS) is 12.2. The van der Waals surface area contributed by atoms with Gasteiger partial charge >= 0.3 is 12.4 Å².